The Morgan fingerprint density at radius 2 is 2.18 bits per heavy atom. The highest BCUT2D eigenvalue weighted by atomic mass is 35.5. The predicted molar refractivity (Wildman–Crippen MR) is 88.2 cm³/mol. The Bertz CT molecular complexity index is 862. The maximum atomic E-state index is 6.08. The average Bonchev–Trinajstić information content (AvgIpc) is 2.84. The smallest absolute Gasteiger partial charge is 0.222 e. The first-order chi connectivity index (χ1) is 10.6. The van der Waals surface area contributed by atoms with Gasteiger partial charge in [0.2, 0.25) is 5.95 Å². The molecule has 0 aliphatic carbocycles. The lowest BCUT2D eigenvalue weighted by Gasteiger charge is -2.31. The standard InChI is InChI=1S/C15H16ClN5O/c16-8-3-4-11-10(6-8)12-13(22-11)14(20-15(18)19-12)21-5-1-2-9(17)7-21/h3-4,6,9H,1-2,5,7,17H2,(H2,18,19,20)/t9-/m0/s1. The molecule has 0 spiro atoms. The van der Waals surface area contributed by atoms with E-state index in [1.807, 2.05) is 12.1 Å². The SMILES string of the molecule is Nc1nc(N2CCC[C@H](N)C2)c2oc3ccc(Cl)cc3c2n1. The minimum atomic E-state index is 0.138. The van der Waals surface area contributed by atoms with Crippen LogP contribution in [0.5, 0.6) is 0 Å². The van der Waals surface area contributed by atoms with Crippen LogP contribution in [-0.2, 0) is 0 Å². The van der Waals surface area contributed by atoms with Crippen LogP contribution in [0.25, 0.3) is 22.1 Å². The lowest BCUT2D eigenvalue weighted by molar-refractivity contribution is 0.502. The summed E-state index contributed by atoms with van der Waals surface area (Å²) in [7, 11) is 0. The highest BCUT2D eigenvalue weighted by Gasteiger charge is 2.23. The number of nitrogen functional groups attached to an aromatic ring is 1. The van der Waals surface area contributed by atoms with Crippen LogP contribution >= 0.6 is 11.6 Å². The number of hydrogen-bond acceptors (Lipinski definition) is 6. The van der Waals surface area contributed by atoms with E-state index in [9.17, 15) is 0 Å². The van der Waals surface area contributed by atoms with E-state index in [0.29, 0.717) is 21.9 Å². The molecule has 3 heterocycles. The molecule has 0 unspecified atom stereocenters. The van der Waals surface area contributed by atoms with Gasteiger partial charge < -0.3 is 20.8 Å². The van der Waals surface area contributed by atoms with E-state index >= 15 is 0 Å². The maximum Gasteiger partial charge on any atom is 0.222 e. The van der Waals surface area contributed by atoms with Crippen LogP contribution in [0, 0.1) is 0 Å². The zero-order chi connectivity index (χ0) is 15.3. The van der Waals surface area contributed by atoms with E-state index in [2.05, 4.69) is 14.9 Å². The molecule has 4 N–H and O–H groups in total. The van der Waals surface area contributed by atoms with Gasteiger partial charge in [-0.3, -0.25) is 0 Å². The van der Waals surface area contributed by atoms with Crippen molar-refractivity contribution in [2.75, 3.05) is 23.7 Å². The van der Waals surface area contributed by atoms with Crippen molar-refractivity contribution in [2.45, 2.75) is 18.9 Å². The molecule has 1 aromatic carbocycles. The van der Waals surface area contributed by atoms with Crippen LogP contribution in [0.15, 0.2) is 22.6 Å². The van der Waals surface area contributed by atoms with E-state index in [-0.39, 0.29) is 12.0 Å². The summed E-state index contributed by atoms with van der Waals surface area (Å²) >= 11 is 6.08. The summed E-state index contributed by atoms with van der Waals surface area (Å²) in [6, 6.07) is 5.60. The van der Waals surface area contributed by atoms with Gasteiger partial charge in [0.15, 0.2) is 11.4 Å². The van der Waals surface area contributed by atoms with Gasteiger partial charge in [0.25, 0.3) is 0 Å². The van der Waals surface area contributed by atoms with E-state index in [0.717, 1.165) is 36.9 Å². The second-order valence-corrected chi connectivity index (χ2v) is 6.11. The molecule has 1 atom stereocenters. The molecule has 1 aliphatic heterocycles. The number of hydrogen-bond donors (Lipinski definition) is 2. The van der Waals surface area contributed by atoms with Gasteiger partial charge in [0.05, 0.1) is 0 Å². The summed E-state index contributed by atoms with van der Waals surface area (Å²) in [5.74, 6) is 0.939. The monoisotopic (exact) mass is 317 g/mol. The summed E-state index contributed by atoms with van der Waals surface area (Å²) in [6.45, 7) is 1.63. The number of benzene rings is 1. The number of halogens is 1. The number of rotatable bonds is 1. The fourth-order valence-corrected chi connectivity index (χ4v) is 3.21. The van der Waals surface area contributed by atoms with Gasteiger partial charge >= 0.3 is 0 Å². The van der Waals surface area contributed by atoms with Gasteiger partial charge in [0.1, 0.15) is 11.1 Å². The first kappa shape index (κ1) is 13.6. The maximum absolute atomic E-state index is 6.08. The number of anilines is 2. The largest absolute Gasteiger partial charge is 0.450 e. The number of aromatic nitrogens is 2. The minimum absolute atomic E-state index is 0.138. The Kier molecular flexibility index (Phi) is 3.09. The predicted octanol–water partition coefficient (Wildman–Crippen LogP) is 2.54. The van der Waals surface area contributed by atoms with Gasteiger partial charge in [-0.2, -0.15) is 4.98 Å². The average molecular weight is 318 g/mol. The van der Waals surface area contributed by atoms with Gasteiger partial charge in [-0.05, 0) is 31.0 Å². The van der Waals surface area contributed by atoms with E-state index < -0.39 is 0 Å². The lowest BCUT2D eigenvalue weighted by atomic mass is 10.1. The zero-order valence-corrected chi connectivity index (χ0v) is 12.7. The molecule has 3 aromatic rings. The number of furan rings is 1. The van der Waals surface area contributed by atoms with Crippen LogP contribution < -0.4 is 16.4 Å². The van der Waals surface area contributed by atoms with E-state index in [1.165, 1.54) is 0 Å². The van der Waals surface area contributed by atoms with Gasteiger partial charge in [0, 0.05) is 29.5 Å². The topological polar surface area (TPSA) is 94.2 Å². The molecule has 4 rings (SSSR count). The molecule has 0 bridgehead atoms. The first-order valence-corrected chi connectivity index (χ1v) is 7.65. The third-order valence-corrected chi connectivity index (χ3v) is 4.27. The van der Waals surface area contributed by atoms with Crippen molar-refractivity contribution >= 4 is 45.4 Å². The van der Waals surface area contributed by atoms with Crippen LogP contribution in [0.2, 0.25) is 5.02 Å². The fraction of sp³-hybridized carbons (Fsp3) is 0.333. The molecule has 1 saturated heterocycles. The molecular formula is C15H16ClN5O. The van der Waals surface area contributed by atoms with Crippen LogP contribution in [0.4, 0.5) is 11.8 Å². The van der Waals surface area contributed by atoms with Gasteiger partial charge in [-0.25, -0.2) is 4.98 Å². The summed E-state index contributed by atoms with van der Waals surface area (Å²) in [5, 5.41) is 1.48. The third-order valence-electron chi connectivity index (χ3n) is 4.03. The summed E-state index contributed by atoms with van der Waals surface area (Å²) in [4.78, 5) is 10.8. The third kappa shape index (κ3) is 2.15. The molecule has 0 saturated carbocycles. The molecule has 2 aromatic heterocycles. The van der Waals surface area contributed by atoms with Gasteiger partial charge in [-0.15, -0.1) is 0 Å². The van der Waals surface area contributed by atoms with Crippen molar-refractivity contribution in [3.8, 4) is 0 Å². The molecule has 22 heavy (non-hydrogen) atoms. The number of nitrogens with two attached hydrogens (primary N) is 2. The van der Waals surface area contributed by atoms with Crippen molar-refractivity contribution in [1.82, 2.24) is 9.97 Å². The summed E-state index contributed by atoms with van der Waals surface area (Å²) in [5.41, 5.74) is 14.0. The molecule has 6 nitrogen and oxygen atoms in total. The van der Waals surface area contributed by atoms with E-state index in [4.69, 9.17) is 27.5 Å². The van der Waals surface area contributed by atoms with Crippen molar-refractivity contribution in [3.05, 3.63) is 23.2 Å². The van der Waals surface area contributed by atoms with Crippen molar-refractivity contribution in [1.29, 1.82) is 0 Å². The molecular weight excluding hydrogens is 302 g/mol. The lowest BCUT2D eigenvalue weighted by Crippen LogP contribution is -2.43. The summed E-state index contributed by atoms with van der Waals surface area (Å²) < 4.78 is 5.96. The van der Waals surface area contributed by atoms with Crippen LogP contribution in [-0.4, -0.2) is 29.1 Å². The fourth-order valence-electron chi connectivity index (χ4n) is 3.03. The molecule has 0 amide bonds. The van der Waals surface area contributed by atoms with Gasteiger partial charge in [-0.1, -0.05) is 11.6 Å². The second kappa shape index (κ2) is 5.00. The molecule has 1 aliphatic rings. The highest BCUT2D eigenvalue weighted by Crippen LogP contribution is 2.35. The number of nitrogens with zero attached hydrogens (tertiary/aromatic N) is 3. The van der Waals surface area contributed by atoms with Crippen LogP contribution in [0.1, 0.15) is 12.8 Å². The zero-order valence-electron chi connectivity index (χ0n) is 11.9. The van der Waals surface area contributed by atoms with E-state index in [1.54, 1.807) is 6.07 Å². The molecule has 0 radical (unpaired) electrons. The first-order valence-electron chi connectivity index (χ1n) is 7.27. The molecule has 114 valence electrons. The Balaban J connectivity index is 1.96. The van der Waals surface area contributed by atoms with Crippen molar-refractivity contribution in [2.24, 2.45) is 5.73 Å². The highest BCUT2D eigenvalue weighted by molar-refractivity contribution is 6.31. The molecule has 1 fully saturated rings. The minimum Gasteiger partial charge on any atom is -0.450 e. The number of piperidine rings is 1. The Morgan fingerprint density at radius 1 is 1.32 bits per heavy atom. The van der Waals surface area contributed by atoms with Crippen molar-refractivity contribution in [3.63, 3.8) is 0 Å². The van der Waals surface area contributed by atoms with Crippen molar-refractivity contribution < 1.29 is 4.42 Å². The molecule has 7 heteroatoms. The summed E-state index contributed by atoms with van der Waals surface area (Å²) in [6.07, 6.45) is 2.05. The Labute approximate surface area is 132 Å². The normalized spacial score (nSPS) is 19.2. The second-order valence-electron chi connectivity index (χ2n) is 5.67. The quantitative estimate of drug-likeness (QED) is 0.716. The Morgan fingerprint density at radius 3 is 3.00 bits per heavy atom. The Hall–Kier alpha value is -2.05. The van der Waals surface area contributed by atoms with Crippen LogP contribution in [0.3, 0.4) is 0 Å². The number of fused-ring (bicyclic) bond motifs is 3.